The van der Waals surface area contributed by atoms with E-state index in [0.29, 0.717) is 19.4 Å². The third-order valence-corrected chi connectivity index (χ3v) is 11.0. The van der Waals surface area contributed by atoms with Crippen LogP contribution < -0.4 is 5.32 Å². The average molecular weight is 491 g/mol. The standard InChI is InChI=1S/C28H46N2O5/c1-16-10-13-30(7)15-19(16)24(33)29-25(34)35-21-14-26(4,5)23(32)18(3)28-11-8-17(2)27(21,6)22(28)20(31)9-12-28/h16-19,21-23,32H,8-15H2,1-7H3,(H,29,33,34)/t16-,17+,18-,19-,21+,22?,23-,27-,28?/m0/s1. The largest absolute Gasteiger partial charge is 0.445 e. The minimum atomic E-state index is -0.727. The van der Waals surface area contributed by atoms with Crippen LogP contribution in [0.3, 0.4) is 0 Å². The van der Waals surface area contributed by atoms with Gasteiger partial charge in [0, 0.05) is 24.3 Å². The molecular formula is C28H46N2O5. The molecule has 1 aliphatic heterocycles. The third-order valence-electron chi connectivity index (χ3n) is 11.0. The van der Waals surface area contributed by atoms with Crippen molar-refractivity contribution in [3.63, 3.8) is 0 Å². The molecule has 2 N–H and O–H groups in total. The number of hydrogen-bond acceptors (Lipinski definition) is 6. The van der Waals surface area contributed by atoms with Crippen molar-refractivity contribution in [1.29, 1.82) is 0 Å². The summed E-state index contributed by atoms with van der Waals surface area (Å²) in [6.07, 6.45) is 2.62. The maximum atomic E-state index is 13.4. The number of alkyl carbamates (subject to hydrolysis) is 1. The predicted molar refractivity (Wildman–Crippen MR) is 133 cm³/mol. The SMILES string of the molecule is C[C@@H]1CCC23CCC(=O)C2[C@]1(C)[C@H](OC(=O)NC(=O)[C@H]1CN(C)CC[C@@H]1C)CC(C)(C)[C@@H](O)[C@@H]3C. The second-order valence-corrected chi connectivity index (χ2v) is 13.4. The van der Waals surface area contributed by atoms with Crippen molar-refractivity contribution in [2.24, 2.45) is 45.8 Å². The fraction of sp³-hybridized carbons (Fsp3) is 0.893. The Hall–Kier alpha value is -1.47. The van der Waals surface area contributed by atoms with Crippen molar-refractivity contribution in [2.45, 2.75) is 92.3 Å². The Bertz CT molecular complexity index is 873. The van der Waals surface area contributed by atoms with Crippen molar-refractivity contribution in [2.75, 3.05) is 20.1 Å². The minimum Gasteiger partial charge on any atom is -0.445 e. The van der Waals surface area contributed by atoms with Gasteiger partial charge >= 0.3 is 6.09 Å². The first kappa shape index (κ1) is 26.6. The number of Topliss-reactive ketones (excluding diaryl/α,β-unsaturated/α-hetero) is 1. The summed E-state index contributed by atoms with van der Waals surface area (Å²) in [5, 5.41) is 14.0. The third kappa shape index (κ3) is 4.24. The highest BCUT2D eigenvalue weighted by Crippen LogP contribution is 2.67. The molecule has 7 heteroatoms. The lowest BCUT2D eigenvalue weighted by atomic mass is 9.44. The summed E-state index contributed by atoms with van der Waals surface area (Å²) in [5.41, 5.74) is -1.32. The van der Waals surface area contributed by atoms with Gasteiger partial charge in [-0.05, 0) is 74.3 Å². The number of piperidine rings is 1. The van der Waals surface area contributed by atoms with E-state index in [-0.39, 0.29) is 46.7 Å². The van der Waals surface area contributed by atoms with E-state index in [0.717, 1.165) is 32.2 Å². The highest BCUT2D eigenvalue weighted by molar-refractivity contribution is 5.93. The smallest absolute Gasteiger partial charge is 0.414 e. The summed E-state index contributed by atoms with van der Waals surface area (Å²) in [5.74, 6) is -0.194. The highest BCUT2D eigenvalue weighted by atomic mass is 16.6. The van der Waals surface area contributed by atoms with Gasteiger partial charge in [0.2, 0.25) is 5.91 Å². The molecule has 9 atom stereocenters. The monoisotopic (exact) mass is 490 g/mol. The Kier molecular flexibility index (Phi) is 6.93. The van der Waals surface area contributed by atoms with Crippen molar-refractivity contribution >= 4 is 17.8 Å². The van der Waals surface area contributed by atoms with Crippen LogP contribution in [-0.4, -0.2) is 60.1 Å². The van der Waals surface area contributed by atoms with Crippen molar-refractivity contribution in [3.05, 3.63) is 0 Å². The zero-order valence-corrected chi connectivity index (χ0v) is 22.7. The Morgan fingerprint density at radius 3 is 2.49 bits per heavy atom. The van der Waals surface area contributed by atoms with E-state index in [4.69, 9.17) is 4.74 Å². The van der Waals surface area contributed by atoms with Gasteiger partial charge in [-0.15, -0.1) is 0 Å². The van der Waals surface area contributed by atoms with Gasteiger partial charge < -0.3 is 14.7 Å². The normalized spacial score (nSPS) is 45.7. The number of ketones is 1. The summed E-state index contributed by atoms with van der Waals surface area (Å²) in [6, 6.07) is 0. The lowest BCUT2D eigenvalue weighted by molar-refractivity contribution is -0.195. The van der Waals surface area contributed by atoms with Crippen LogP contribution >= 0.6 is 0 Å². The molecule has 3 saturated carbocycles. The Morgan fingerprint density at radius 2 is 1.80 bits per heavy atom. The van der Waals surface area contributed by atoms with Crippen LogP contribution in [0.2, 0.25) is 0 Å². The zero-order chi connectivity index (χ0) is 25.9. The molecule has 2 amide bonds. The van der Waals surface area contributed by atoms with E-state index >= 15 is 0 Å². The molecule has 1 saturated heterocycles. The number of aliphatic hydroxyl groups excluding tert-OH is 1. The van der Waals surface area contributed by atoms with Crippen LogP contribution in [0.25, 0.3) is 0 Å². The fourth-order valence-corrected chi connectivity index (χ4v) is 8.41. The van der Waals surface area contributed by atoms with Crippen molar-refractivity contribution in [1.82, 2.24) is 10.2 Å². The number of likely N-dealkylation sites (tertiary alicyclic amines) is 1. The zero-order valence-electron chi connectivity index (χ0n) is 22.7. The molecular weight excluding hydrogens is 444 g/mol. The second kappa shape index (κ2) is 9.13. The molecule has 0 aromatic carbocycles. The van der Waals surface area contributed by atoms with Crippen molar-refractivity contribution in [3.8, 4) is 0 Å². The molecule has 2 unspecified atom stereocenters. The number of nitrogens with one attached hydrogen (secondary N) is 1. The van der Waals surface area contributed by atoms with E-state index in [1.165, 1.54) is 0 Å². The van der Waals surface area contributed by atoms with Crippen molar-refractivity contribution < 1.29 is 24.2 Å². The minimum absolute atomic E-state index is 0.0121. The van der Waals surface area contributed by atoms with Gasteiger partial charge in [0.15, 0.2) is 0 Å². The quantitative estimate of drug-likeness (QED) is 0.607. The molecule has 0 aromatic heterocycles. The van der Waals surface area contributed by atoms with Gasteiger partial charge in [-0.3, -0.25) is 14.9 Å². The summed E-state index contributed by atoms with van der Waals surface area (Å²) >= 11 is 0. The van der Waals surface area contributed by atoms with Crippen LogP contribution in [-0.2, 0) is 14.3 Å². The molecule has 0 aromatic rings. The first-order valence-electron chi connectivity index (χ1n) is 13.6. The number of ether oxygens (including phenoxy) is 1. The number of carbonyl (C=O) groups excluding carboxylic acids is 3. The Balaban J connectivity index is 1.63. The van der Waals surface area contributed by atoms with Gasteiger partial charge in [-0.2, -0.15) is 0 Å². The lowest BCUT2D eigenvalue weighted by Gasteiger charge is -2.61. The molecule has 198 valence electrons. The Morgan fingerprint density at radius 1 is 1.11 bits per heavy atom. The summed E-state index contributed by atoms with van der Waals surface area (Å²) in [4.78, 5) is 41.7. The second-order valence-electron chi connectivity index (χ2n) is 13.4. The maximum absolute atomic E-state index is 13.4. The average Bonchev–Trinajstić information content (AvgIpc) is 3.14. The Labute approximate surface area is 210 Å². The number of carbonyl (C=O) groups is 3. The summed E-state index contributed by atoms with van der Waals surface area (Å²) in [6.45, 7) is 14.1. The lowest BCUT2D eigenvalue weighted by Crippen LogP contribution is -2.63. The molecule has 2 bridgehead atoms. The summed E-state index contributed by atoms with van der Waals surface area (Å²) in [7, 11) is 1.99. The number of aliphatic hydroxyl groups is 1. The molecule has 0 radical (unpaired) electrons. The first-order valence-corrected chi connectivity index (χ1v) is 13.6. The summed E-state index contributed by atoms with van der Waals surface area (Å²) < 4.78 is 6.13. The van der Waals surface area contributed by atoms with Gasteiger partial charge in [0.25, 0.3) is 0 Å². The molecule has 3 aliphatic carbocycles. The highest BCUT2D eigenvalue weighted by Gasteiger charge is 2.68. The molecule has 35 heavy (non-hydrogen) atoms. The van der Waals surface area contributed by atoms with E-state index in [9.17, 15) is 19.5 Å². The fourth-order valence-electron chi connectivity index (χ4n) is 8.41. The topological polar surface area (TPSA) is 95.9 Å². The van der Waals surface area contributed by atoms with Gasteiger partial charge in [0.1, 0.15) is 11.9 Å². The number of rotatable bonds is 2. The predicted octanol–water partition coefficient (Wildman–Crippen LogP) is 4.02. The maximum Gasteiger partial charge on any atom is 0.414 e. The first-order chi connectivity index (χ1) is 16.2. The van der Waals surface area contributed by atoms with Gasteiger partial charge in [0.05, 0.1) is 12.0 Å². The van der Waals surface area contributed by atoms with Crippen LogP contribution in [0.15, 0.2) is 0 Å². The van der Waals surface area contributed by atoms with Crippen LogP contribution in [0.4, 0.5) is 4.79 Å². The number of hydrogen-bond donors (Lipinski definition) is 2. The number of nitrogens with zero attached hydrogens (tertiary/aromatic N) is 1. The molecule has 7 nitrogen and oxygen atoms in total. The van der Waals surface area contributed by atoms with E-state index in [2.05, 4.69) is 37.9 Å². The van der Waals surface area contributed by atoms with Gasteiger partial charge in [-0.1, -0.05) is 41.5 Å². The molecule has 4 fully saturated rings. The van der Waals surface area contributed by atoms with Crippen LogP contribution in [0.1, 0.15) is 80.1 Å². The molecule has 1 heterocycles. The number of amides is 2. The molecule has 0 spiro atoms. The van der Waals surface area contributed by atoms with Gasteiger partial charge in [-0.25, -0.2) is 4.79 Å². The van der Waals surface area contributed by atoms with Crippen LogP contribution in [0.5, 0.6) is 0 Å². The van der Waals surface area contributed by atoms with E-state index in [1.807, 2.05) is 20.9 Å². The number of imide groups is 1. The van der Waals surface area contributed by atoms with E-state index in [1.54, 1.807) is 0 Å². The van der Waals surface area contributed by atoms with Crippen LogP contribution in [0, 0.1) is 45.8 Å². The molecule has 4 rings (SSSR count). The van der Waals surface area contributed by atoms with E-state index < -0.39 is 29.1 Å². The molecule has 4 aliphatic rings.